The SMILES string of the molecule is CC1=CCN(c2cnc(C(C)C)s2)CC1. The predicted molar refractivity (Wildman–Crippen MR) is 66.8 cm³/mol. The third kappa shape index (κ3) is 2.40. The molecule has 1 aliphatic rings. The number of rotatable bonds is 2. The Hall–Kier alpha value is -0.830. The van der Waals surface area contributed by atoms with Crippen LogP contribution in [-0.4, -0.2) is 18.1 Å². The van der Waals surface area contributed by atoms with Gasteiger partial charge >= 0.3 is 0 Å². The summed E-state index contributed by atoms with van der Waals surface area (Å²) in [7, 11) is 0. The number of thiazole rings is 1. The van der Waals surface area contributed by atoms with E-state index in [-0.39, 0.29) is 0 Å². The molecule has 0 aromatic carbocycles. The van der Waals surface area contributed by atoms with Gasteiger partial charge in [-0.1, -0.05) is 25.5 Å². The lowest BCUT2D eigenvalue weighted by atomic mass is 10.1. The van der Waals surface area contributed by atoms with Crippen molar-refractivity contribution < 1.29 is 0 Å². The van der Waals surface area contributed by atoms with Crippen LogP contribution in [0.1, 0.15) is 38.1 Å². The lowest BCUT2D eigenvalue weighted by Gasteiger charge is -2.25. The first kappa shape index (κ1) is 10.7. The van der Waals surface area contributed by atoms with E-state index in [1.54, 1.807) is 0 Å². The Labute approximate surface area is 95.6 Å². The van der Waals surface area contributed by atoms with Gasteiger partial charge in [-0.25, -0.2) is 4.98 Å². The van der Waals surface area contributed by atoms with E-state index >= 15 is 0 Å². The molecule has 82 valence electrons. The van der Waals surface area contributed by atoms with E-state index in [2.05, 4.69) is 36.7 Å². The summed E-state index contributed by atoms with van der Waals surface area (Å²) in [5.41, 5.74) is 1.51. The van der Waals surface area contributed by atoms with Crippen LogP contribution in [0.2, 0.25) is 0 Å². The first-order valence-electron chi connectivity index (χ1n) is 5.53. The van der Waals surface area contributed by atoms with E-state index in [0.29, 0.717) is 5.92 Å². The topological polar surface area (TPSA) is 16.1 Å². The van der Waals surface area contributed by atoms with Gasteiger partial charge in [0.15, 0.2) is 0 Å². The van der Waals surface area contributed by atoms with Crippen molar-refractivity contribution in [2.24, 2.45) is 0 Å². The molecule has 0 atom stereocenters. The quantitative estimate of drug-likeness (QED) is 0.713. The summed E-state index contributed by atoms with van der Waals surface area (Å²) < 4.78 is 0. The van der Waals surface area contributed by atoms with Gasteiger partial charge in [-0.15, -0.1) is 11.3 Å². The minimum Gasteiger partial charge on any atom is -0.358 e. The van der Waals surface area contributed by atoms with E-state index in [4.69, 9.17) is 0 Å². The average molecular weight is 222 g/mol. The molecule has 1 aromatic heterocycles. The number of hydrogen-bond acceptors (Lipinski definition) is 3. The zero-order valence-electron chi connectivity index (χ0n) is 9.66. The molecular formula is C12H18N2S. The predicted octanol–water partition coefficient (Wildman–Crippen LogP) is 3.42. The van der Waals surface area contributed by atoms with Crippen LogP contribution in [0.4, 0.5) is 5.00 Å². The monoisotopic (exact) mass is 222 g/mol. The number of anilines is 1. The number of nitrogens with zero attached hydrogens (tertiary/aromatic N) is 2. The molecule has 1 aliphatic heterocycles. The van der Waals surface area contributed by atoms with E-state index < -0.39 is 0 Å². The van der Waals surface area contributed by atoms with Crippen LogP contribution < -0.4 is 4.90 Å². The molecule has 0 saturated carbocycles. The van der Waals surface area contributed by atoms with E-state index in [9.17, 15) is 0 Å². The molecule has 0 fully saturated rings. The fraction of sp³-hybridized carbons (Fsp3) is 0.583. The maximum Gasteiger partial charge on any atom is 0.112 e. The highest BCUT2D eigenvalue weighted by atomic mass is 32.1. The minimum atomic E-state index is 0.547. The fourth-order valence-electron chi connectivity index (χ4n) is 1.66. The maximum atomic E-state index is 4.47. The molecule has 0 unspecified atom stereocenters. The summed E-state index contributed by atoms with van der Waals surface area (Å²) in [6.07, 6.45) is 5.53. The largest absolute Gasteiger partial charge is 0.358 e. The normalized spacial score (nSPS) is 17.1. The molecular weight excluding hydrogens is 204 g/mol. The van der Waals surface area contributed by atoms with Crippen molar-refractivity contribution in [3.8, 4) is 0 Å². The van der Waals surface area contributed by atoms with Crippen LogP contribution in [0, 0.1) is 0 Å². The Bertz CT molecular complexity index is 365. The van der Waals surface area contributed by atoms with Crippen LogP contribution >= 0.6 is 11.3 Å². The van der Waals surface area contributed by atoms with Gasteiger partial charge in [0.2, 0.25) is 0 Å². The molecule has 0 saturated heterocycles. The molecule has 1 aromatic rings. The Morgan fingerprint density at radius 1 is 1.47 bits per heavy atom. The lowest BCUT2D eigenvalue weighted by molar-refractivity contribution is 0.793. The van der Waals surface area contributed by atoms with E-state index in [0.717, 1.165) is 13.1 Å². The highest BCUT2D eigenvalue weighted by Crippen LogP contribution is 2.29. The van der Waals surface area contributed by atoms with Crippen molar-refractivity contribution in [2.45, 2.75) is 33.1 Å². The number of aromatic nitrogens is 1. The van der Waals surface area contributed by atoms with Gasteiger partial charge in [-0.05, 0) is 13.3 Å². The Morgan fingerprint density at radius 3 is 2.80 bits per heavy atom. The van der Waals surface area contributed by atoms with Crippen LogP contribution in [0.25, 0.3) is 0 Å². The minimum absolute atomic E-state index is 0.547. The molecule has 0 spiro atoms. The Kier molecular flexibility index (Phi) is 3.10. The zero-order chi connectivity index (χ0) is 10.8. The van der Waals surface area contributed by atoms with Crippen molar-refractivity contribution >= 4 is 16.3 Å². The van der Waals surface area contributed by atoms with Gasteiger partial charge in [0.05, 0.1) is 11.2 Å². The van der Waals surface area contributed by atoms with Gasteiger partial charge in [0, 0.05) is 19.0 Å². The first-order chi connectivity index (χ1) is 7.16. The van der Waals surface area contributed by atoms with Crippen LogP contribution in [0.15, 0.2) is 17.8 Å². The molecule has 0 aliphatic carbocycles. The van der Waals surface area contributed by atoms with E-state index in [1.165, 1.54) is 22.0 Å². The van der Waals surface area contributed by atoms with Crippen LogP contribution in [-0.2, 0) is 0 Å². The average Bonchev–Trinajstić information content (AvgIpc) is 2.68. The lowest BCUT2D eigenvalue weighted by Crippen LogP contribution is -2.27. The van der Waals surface area contributed by atoms with Crippen molar-refractivity contribution in [3.05, 3.63) is 22.9 Å². The molecule has 2 nitrogen and oxygen atoms in total. The van der Waals surface area contributed by atoms with Crippen molar-refractivity contribution in [3.63, 3.8) is 0 Å². The van der Waals surface area contributed by atoms with Gasteiger partial charge in [-0.3, -0.25) is 0 Å². The van der Waals surface area contributed by atoms with Crippen molar-refractivity contribution in [1.82, 2.24) is 4.98 Å². The standard InChI is InChI=1S/C12H18N2S/c1-9(2)12-13-8-11(15-12)14-6-4-10(3)5-7-14/h4,8-9H,5-7H2,1-3H3. The molecule has 0 radical (unpaired) electrons. The molecule has 15 heavy (non-hydrogen) atoms. The smallest absolute Gasteiger partial charge is 0.112 e. The molecule has 2 heterocycles. The van der Waals surface area contributed by atoms with Crippen LogP contribution in [0.3, 0.4) is 0 Å². The number of hydrogen-bond donors (Lipinski definition) is 0. The van der Waals surface area contributed by atoms with E-state index in [1.807, 2.05) is 17.5 Å². The van der Waals surface area contributed by atoms with Crippen molar-refractivity contribution in [1.29, 1.82) is 0 Å². The Morgan fingerprint density at radius 2 is 2.27 bits per heavy atom. The zero-order valence-corrected chi connectivity index (χ0v) is 10.5. The van der Waals surface area contributed by atoms with Gasteiger partial charge < -0.3 is 4.90 Å². The van der Waals surface area contributed by atoms with Gasteiger partial charge in [0.25, 0.3) is 0 Å². The second-order valence-electron chi connectivity index (χ2n) is 4.44. The highest BCUT2D eigenvalue weighted by molar-refractivity contribution is 7.15. The summed E-state index contributed by atoms with van der Waals surface area (Å²) in [5, 5.41) is 2.57. The third-order valence-corrected chi connectivity index (χ3v) is 4.11. The molecule has 0 bridgehead atoms. The summed E-state index contributed by atoms with van der Waals surface area (Å²) in [6.45, 7) is 8.79. The van der Waals surface area contributed by atoms with Crippen LogP contribution in [0.5, 0.6) is 0 Å². The fourth-order valence-corrected chi connectivity index (χ4v) is 2.62. The van der Waals surface area contributed by atoms with Crippen molar-refractivity contribution in [2.75, 3.05) is 18.0 Å². The second kappa shape index (κ2) is 4.35. The first-order valence-corrected chi connectivity index (χ1v) is 6.35. The summed E-state index contributed by atoms with van der Waals surface area (Å²) in [5.74, 6) is 0.547. The molecule has 0 N–H and O–H groups in total. The molecule has 3 heteroatoms. The molecule has 2 rings (SSSR count). The van der Waals surface area contributed by atoms with Gasteiger partial charge in [-0.2, -0.15) is 0 Å². The van der Waals surface area contributed by atoms with Gasteiger partial charge in [0.1, 0.15) is 5.00 Å². The summed E-state index contributed by atoms with van der Waals surface area (Å²) in [4.78, 5) is 6.88. The summed E-state index contributed by atoms with van der Waals surface area (Å²) in [6, 6.07) is 0. The Balaban J connectivity index is 2.10. The highest BCUT2D eigenvalue weighted by Gasteiger charge is 2.13. The maximum absolute atomic E-state index is 4.47. The summed E-state index contributed by atoms with van der Waals surface area (Å²) >= 11 is 1.83. The second-order valence-corrected chi connectivity index (χ2v) is 5.48. The third-order valence-electron chi connectivity index (χ3n) is 2.75. The molecule has 0 amide bonds.